The third-order valence-corrected chi connectivity index (χ3v) is 12.0. The van der Waals surface area contributed by atoms with Crippen molar-refractivity contribution in [2.75, 3.05) is 19.8 Å². The van der Waals surface area contributed by atoms with E-state index in [4.69, 9.17) is 17.0 Å². The van der Waals surface area contributed by atoms with Gasteiger partial charge in [0.1, 0.15) is 0 Å². The molecule has 0 bridgehead atoms. The summed E-state index contributed by atoms with van der Waals surface area (Å²) in [5, 5.41) is 0. The molecule has 0 spiro atoms. The van der Waals surface area contributed by atoms with Gasteiger partial charge in [-0.2, -0.15) is 0 Å². The fraction of sp³-hybridized carbons (Fsp3) is 0.400. The second kappa shape index (κ2) is 11.8. The van der Waals surface area contributed by atoms with Gasteiger partial charge in [-0.05, 0) is 0 Å². The van der Waals surface area contributed by atoms with E-state index in [1.54, 1.807) is 0 Å². The molecule has 188 valence electrons. The zero-order valence-corrected chi connectivity index (χ0v) is 25.1. The van der Waals surface area contributed by atoms with E-state index >= 15 is 0 Å². The van der Waals surface area contributed by atoms with Crippen molar-refractivity contribution in [3.05, 3.63) is 108 Å². The molecule has 0 atom stereocenters. The van der Waals surface area contributed by atoms with Crippen LogP contribution in [0.15, 0.2) is 91.0 Å². The molecule has 5 heteroatoms. The van der Waals surface area contributed by atoms with Crippen molar-refractivity contribution < 1.29 is 28.8 Å². The molecule has 0 unspecified atom stereocenters. The molecular weight excluding hydrogens is 535 g/mol. The van der Waals surface area contributed by atoms with E-state index in [1.165, 1.54) is 16.7 Å². The SMILES string of the molecule is CC(C)(C[O][Zr]([Cl])([O]CC(C)(C)c1ccccc1)[O]CC(C)(C)c1ccccc1)c1ccccc1. The van der Waals surface area contributed by atoms with Crippen LogP contribution in [0.5, 0.6) is 0 Å². The van der Waals surface area contributed by atoms with E-state index in [9.17, 15) is 0 Å². The topological polar surface area (TPSA) is 27.7 Å². The second-order valence-electron chi connectivity index (χ2n) is 11.1. The first-order chi connectivity index (χ1) is 16.4. The zero-order chi connectivity index (χ0) is 25.6. The quantitative estimate of drug-likeness (QED) is 0.219. The van der Waals surface area contributed by atoms with E-state index < -0.39 is 20.4 Å². The van der Waals surface area contributed by atoms with Gasteiger partial charge in [0.2, 0.25) is 0 Å². The summed E-state index contributed by atoms with van der Waals surface area (Å²) in [6, 6.07) is 31.1. The second-order valence-corrected chi connectivity index (χ2v) is 18.3. The summed E-state index contributed by atoms with van der Waals surface area (Å²) in [5.41, 5.74) is 2.90. The fourth-order valence-electron chi connectivity index (χ4n) is 3.84. The normalized spacial score (nSPS) is 13.1. The number of rotatable bonds is 12. The maximum absolute atomic E-state index is 7.16. The van der Waals surface area contributed by atoms with Crippen LogP contribution in [0.2, 0.25) is 0 Å². The molecule has 0 fully saturated rings. The molecule has 0 amide bonds. The first-order valence-electron chi connectivity index (χ1n) is 12.2. The predicted molar refractivity (Wildman–Crippen MR) is 142 cm³/mol. The molecule has 3 rings (SSSR count). The van der Waals surface area contributed by atoms with Gasteiger partial charge in [-0.1, -0.05) is 0 Å². The van der Waals surface area contributed by atoms with Gasteiger partial charge in [0.15, 0.2) is 0 Å². The predicted octanol–water partition coefficient (Wildman–Crippen LogP) is 8.02. The molecular formula is C30H39ClO3Zr. The molecule has 0 aromatic heterocycles. The van der Waals surface area contributed by atoms with Crippen molar-refractivity contribution >= 4 is 8.51 Å². The first kappa shape index (κ1) is 28.3. The number of halogens is 1. The maximum atomic E-state index is 7.16. The van der Waals surface area contributed by atoms with E-state index in [-0.39, 0.29) is 16.2 Å². The van der Waals surface area contributed by atoms with Crippen molar-refractivity contribution in [3.8, 4) is 0 Å². The minimum absolute atomic E-state index is 0.227. The molecule has 0 heterocycles. The Labute approximate surface area is 221 Å². The summed E-state index contributed by atoms with van der Waals surface area (Å²) in [7, 11) is 7.16. The van der Waals surface area contributed by atoms with E-state index in [2.05, 4.69) is 77.9 Å². The Bertz CT molecular complexity index is 902. The van der Waals surface area contributed by atoms with Crippen LogP contribution < -0.4 is 0 Å². The molecule has 0 aliphatic rings. The summed E-state index contributed by atoms with van der Waals surface area (Å²) >= 11 is -4.42. The molecule has 35 heavy (non-hydrogen) atoms. The van der Waals surface area contributed by atoms with Crippen LogP contribution in [-0.4, -0.2) is 19.8 Å². The van der Waals surface area contributed by atoms with E-state index in [0.717, 1.165) is 0 Å². The summed E-state index contributed by atoms with van der Waals surface area (Å²) in [4.78, 5) is 0. The molecule has 0 aliphatic heterocycles. The summed E-state index contributed by atoms with van der Waals surface area (Å²) < 4.78 is 19.3. The molecule has 0 N–H and O–H groups in total. The van der Waals surface area contributed by atoms with Crippen LogP contribution in [0.25, 0.3) is 0 Å². The summed E-state index contributed by atoms with van der Waals surface area (Å²) in [6.07, 6.45) is 0. The fourth-order valence-corrected chi connectivity index (χ4v) is 9.36. The molecule has 0 aliphatic carbocycles. The standard InChI is InChI=1S/3C10H13O.ClH.Zr/c3*1-10(2,8-11)9-6-4-3-5-7-9;;/h3*3-7H,8H2,1-2H3;1H;/q3*-1;;+4/p-1. The van der Waals surface area contributed by atoms with Gasteiger partial charge in [-0.25, -0.2) is 0 Å². The Kier molecular flexibility index (Phi) is 9.57. The van der Waals surface area contributed by atoms with Crippen LogP contribution in [0.1, 0.15) is 58.2 Å². The average molecular weight is 574 g/mol. The van der Waals surface area contributed by atoms with Crippen LogP contribution in [-0.2, 0) is 45.1 Å². The van der Waals surface area contributed by atoms with Crippen molar-refractivity contribution in [1.82, 2.24) is 0 Å². The monoisotopic (exact) mass is 572 g/mol. The van der Waals surface area contributed by atoms with Crippen LogP contribution in [0, 0.1) is 0 Å². The van der Waals surface area contributed by atoms with Crippen molar-refractivity contribution in [3.63, 3.8) is 0 Å². The molecule has 0 saturated carbocycles. The Hall–Kier alpha value is -1.29. The van der Waals surface area contributed by atoms with Gasteiger partial charge < -0.3 is 0 Å². The van der Waals surface area contributed by atoms with Gasteiger partial charge in [-0.15, -0.1) is 0 Å². The number of hydrogen-bond donors (Lipinski definition) is 0. The van der Waals surface area contributed by atoms with Gasteiger partial charge >= 0.3 is 223 Å². The minimum atomic E-state index is -4.42. The van der Waals surface area contributed by atoms with E-state index in [0.29, 0.717) is 19.8 Å². The Morgan fingerprint density at radius 1 is 0.486 bits per heavy atom. The van der Waals surface area contributed by atoms with Gasteiger partial charge in [0, 0.05) is 0 Å². The summed E-state index contributed by atoms with van der Waals surface area (Å²) in [6.45, 7) is 14.2. The van der Waals surface area contributed by atoms with Crippen LogP contribution in [0.3, 0.4) is 0 Å². The third-order valence-electron chi connectivity index (χ3n) is 6.48. The average Bonchev–Trinajstić information content (AvgIpc) is 2.87. The van der Waals surface area contributed by atoms with Crippen molar-refractivity contribution in [1.29, 1.82) is 0 Å². The number of benzene rings is 3. The Morgan fingerprint density at radius 3 is 0.943 bits per heavy atom. The first-order valence-corrected chi connectivity index (χ1v) is 18.4. The van der Waals surface area contributed by atoms with Crippen molar-refractivity contribution in [2.45, 2.75) is 57.8 Å². The van der Waals surface area contributed by atoms with Crippen LogP contribution in [0.4, 0.5) is 0 Å². The van der Waals surface area contributed by atoms with E-state index in [1.807, 2.05) is 54.6 Å². The van der Waals surface area contributed by atoms with Crippen molar-refractivity contribution in [2.24, 2.45) is 0 Å². The molecule has 3 nitrogen and oxygen atoms in total. The van der Waals surface area contributed by atoms with Gasteiger partial charge in [-0.3, -0.25) is 0 Å². The van der Waals surface area contributed by atoms with Gasteiger partial charge in [0.25, 0.3) is 0 Å². The third kappa shape index (κ3) is 8.10. The Morgan fingerprint density at radius 2 is 0.714 bits per heavy atom. The molecule has 0 saturated heterocycles. The number of hydrogen-bond acceptors (Lipinski definition) is 3. The summed E-state index contributed by atoms with van der Waals surface area (Å²) in [5.74, 6) is 0. The molecule has 3 aromatic rings. The molecule has 0 radical (unpaired) electrons. The zero-order valence-electron chi connectivity index (χ0n) is 21.9. The van der Waals surface area contributed by atoms with Gasteiger partial charge in [0.05, 0.1) is 0 Å². The molecule has 3 aromatic carbocycles. The Balaban J connectivity index is 1.77. The van der Waals surface area contributed by atoms with Crippen LogP contribution >= 0.6 is 8.51 Å².